The van der Waals surface area contributed by atoms with E-state index in [0.717, 1.165) is 6.42 Å². The SMILES string of the molecule is CCOC(=O)C(C)NPOCC1CC(C)C(n2ccc(=O)[nH]c2=O)O1. The number of H-pyrrole nitrogens is 1. The minimum absolute atomic E-state index is 0.0637. The summed E-state index contributed by atoms with van der Waals surface area (Å²) in [5, 5.41) is 2.94. The molecule has 2 rings (SSSR count). The van der Waals surface area contributed by atoms with Crippen molar-refractivity contribution in [3.05, 3.63) is 33.1 Å². The van der Waals surface area contributed by atoms with Crippen molar-refractivity contribution in [2.45, 2.75) is 45.6 Å². The van der Waals surface area contributed by atoms with E-state index in [2.05, 4.69) is 10.1 Å². The summed E-state index contributed by atoms with van der Waals surface area (Å²) in [4.78, 5) is 36.7. The second-order valence-electron chi connectivity index (χ2n) is 5.91. The highest BCUT2D eigenvalue weighted by Crippen LogP contribution is 2.33. The van der Waals surface area contributed by atoms with Gasteiger partial charge < -0.3 is 14.0 Å². The highest BCUT2D eigenvalue weighted by Gasteiger charge is 2.34. The van der Waals surface area contributed by atoms with E-state index in [1.54, 1.807) is 13.8 Å². The molecule has 0 saturated carbocycles. The Morgan fingerprint density at radius 2 is 2.32 bits per heavy atom. The van der Waals surface area contributed by atoms with Gasteiger partial charge in [0.2, 0.25) is 0 Å². The molecule has 1 aromatic heterocycles. The fourth-order valence-corrected chi connectivity index (χ4v) is 3.23. The lowest BCUT2D eigenvalue weighted by Crippen LogP contribution is -2.33. The molecule has 2 N–H and O–H groups in total. The zero-order chi connectivity index (χ0) is 18.4. The molecular formula is C15H24N3O6P. The fourth-order valence-electron chi connectivity index (χ4n) is 2.58. The molecule has 140 valence electrons. The maximum absolute atomic E-state index is 11.9. The highest BCUT2D eigenvalue weighted by atomic mass is 31.1. The first-order valence-corrected chi connectivity index (χ1v) is 9.09. The molecule has 0 amide bonds. The van der Waals surface area contributed by atoms with E-state index in [0.29, 0.717) is 13.2 Å². The van der Waals surface area contributed by atoms with Crippen molar-refractivity contribution in [2.75, 3.05) is 13.2 Å². The number of carbonyl (C=O) groups is 1. The molecule has 1 fully saturated rings. The van der Waals surface area contributed by atoms with Gasteiger partial charge in [0, 0.05) is 18.2 Å². The normalized spacial score (nSPS) is 24.7. The summed E-state index contributed by atoms with van der Waals surface area (Å²) in [6, 6.07) is 0.859. The predicted octanol–water partition coefficient (Wildman–Crippen LogP) is 0.526. The predicted molar refractivity (Wildman–Crippen MR) is 92.5 cm³/mol. The third-order valence-corrected chi connectivity index (χ3v) is 4.70. The van der Waals surface area contributed by atoms with Gasteiger partial charge in [-0.3, -0.25) is 24.2 Å². The summed E-state index contributed by atoms with van der Waals surface area (Å²) in [6.45, 7) is 6.13. The Hall–Kier alpha value is -1.54. The van der Waals surface area contributed by atoms with Gasteiger partial charge in [0.25, 0.3) is 5.56 Å². The Balaban J connectivity index is 1.79. The van der Waals surface area contributed by atoms with Crippen molar-refractivity contribution < 1.29 is 18.8 Å². The monoisotopic (exact) mass is 373 g/mol. The molecule has 0 bridgehead atoms. The number of carbonyl (C=O) groups excluding carboxylic acids is 1. The summed E-state index contributed by atoms with van der Waals surface area (Å²) in [5.74, 6) is -0.214. The maximum Gasteiger partial charge on any atom is 0.330 e. The van der Waals surface area contributed by atoms with Crippen molar-refractivity contribution in [3.8, 4) is 0 Å². The third-order valence-electron chi connectivity index (χ3n) is 3.84. The topological polar surface area (TPSA) is 112 Å². The number of rotatable bonds is 8. The van der Waals surface area contributed by atoms with Crippen LogP contribution in [0.15, 0.2) is 21.9 Å². The summed E-state index contributed by atoms with van der Waals surface area (Å²) in [5.41, 5.74) is -0.924. The van der Waals surface area contributed by atoms with Crippen LogP contribution in [0.4, 0.5) is 0 Å². The molecule has 0 aromatic carbocycles. The Labute approximate surface area is 147 Å². The molecule has 5 unspecified atom stereocenters. The Bertz CT molecular complexity index is 690. The van der Waals surface area contributed by atoms with E-state index in [1.165, 1.54) is 16.8 Å². The van der Waals surface area contributed by atoms with Crippen LogP contribution in [-0.2, 0) is 18.8 Å². The van der Waals surface area contributed by atoms with Crippen molar-refractivity contribution in [1.82, 2.24) is 14.6 Å². The van der Waals surface area contributed by atoms with E-state index in [4.69, 9.17) is 14.0 Å². The maximum atomic E-state index is 11.9. The van der Waals surface area contributed by atoms with Crippen molar-refractivity contribution in [2.24, 2.45) is 5.92 Å². The standard InChI is InChI=1S/C15H24N3O6P/c1-4-22-14(20)10(3)17-25-23-8-11-7-9(2)13(24-11)18-6-5-12(19)16-15(18)21/h5-6,9-11,13,17,25H,4,7-8H2,1-3H3,(H,16,19,21). The van der Waals surface area contributed by atoms with E-state index < -0.39 is 23.5 Å². The first-order valence-electron chi connectivity index (χ1n) is 8.18. The van der Waals surface area contributed by atoms with E-state index >= 15 is 0 Å². The smallest absolute Gasteiger partial charge is 0.330 e. The van der Waals surface area contributed by atoms with Crippen LogP contribution < -0.4 is 16.3 Å². The number of aromatic nitrogens is 2. The van der Waals surface area contributed by atoms with E-state index in [-0.39, 0.29) is 26.9 Å². The largest absolute Gasteiger partial charge is 0.465 e. The zero-order valence-corrected chi connectivity index (χ0v) is 15.5. The van der Waals surface area contributed by atoms with Crippen molar-refractivity contribution in [1.29, 1.82) is 0 Å². The lowest BCUT2D eigenvalue weighted by molar-refractivity contribution is -0.144. The second-order valence-corrected chi connectivity index (χ2v) is 6.69. The quantitative estimate of drug-likeness (QED) is 0.388. The van der Waals surface area contributed by atoms with E-state index in [1.807, 2.05) is 6.92 Å². The van der Waals surface area contributed by atoms with Gasteiger partial charge in [-0.15, -0.1) is 0 Å². The van der Waals surface area contributed by atoms with Crippen LogP contribution in [0, 0.1) is 5.92 Å². The Kier molecular flexibility index (Phi) is 7.31. The molecule has 1 aliphatic heterocycles. The first-order chi connectivity index (χ1) is 11.9. The van der Waals surface area contributed by atoms with Crippen molar-refractivity contribution in [3.63, 3.8) is 0 Å². The van der Waals surface area contributed by atoms with Crippen LogP contribution in [0.1, 0.15) is 33.4 Å². The number of esters is 1. The van der Waals surface area contributed by atoms with Gasteiger partial charge in [-0.1, -0.05) is 6.92 Å². The lowest BCUT2D eigenvalue weighted by atomic mass is 10.1. The summed E-state index contributed by atoms with van der Waals surface area (Å²) < 4.78 is 17.7. The summed E-state index contributed by atoms with van der Waals surface area (Å²) in [6.07, 6.45) is 1.57. The lowest BCUT2D eigenvalue weighted by Gasteiger charge is -2.18. The molecule has 25 heavy (non-hydrogen) atoms. The van der Waals surface area contributed by atoms with Gasteiger partial charge in [0.05, 0.1) is 28.3 Å². The molecule has 0 aliphatic carbocycles. The van der Waals surface area contributed by atoms with Gasteiger partial charge in [0.15, 0.2) is 0 Å². The van der Waals surface area contributed by atoms with Crippen molar-refractivity contribution >= 4 is 14.9 Å². The highest BCUT2D eigenvalue weighted by molar-refractivity contribution is 7.29. The molecule has 1 saturated heterocycles. The number of nitrogens with one attached hydrogen (secondary N) is 2. The van der Waals surface area contributed by atoms with Crippen LogP contribution in [0.5, 0.6) is 0 Å². The summed E-state index contributed by atoms with van der Waals surface area (Å²) in [7, 11) is -0.0637. The molecule has 5 atom stereocenters. The number of ether oxygens (including phenoxy) is 2. The average molecular weight is 373 g/mol. The molecule has 9 nitrogen and oxygen atoms in total. The van der Waals surface area contributed by atoms with Crippen LogP contribution in [0.25, 0.3) is 0 Å². The molecule has 0 spiro atoms. The Morgan fingerprint density at radius 1 is 1.56 bits per heavy atom. The van der Waals surface area contributed by atoms with Crippen LogP contribution in [0.2, 0.25) is 0 Å². The van der Waals surface area contributed by atoms with Gasteiger partial charge >= 0.3 is 11.7 Å². The third kappa shape index (κ3) is 5.47. The summed E-state index contributed by atoms with van der Waals surface area (Å²) >= 11 is 0. The molecular weight excluding hydrogens is 349 g/mol. The number of nitrogens with zero attached hydrogens (tertiary/aromatic N) is 1. The Morgan fingerprint density at radius 3 is 3.00 bits per heavy atom. The van der Waals surface area contributed by atoms with Gasteiger partial charge in [0.1, 0.15) is 12.3 Å². The number of hydrogen-bond acceptors (Lipinski definition) is 7. The molecule has 0 radical (unpaired) electrons. The molecule has 1 aliphatic rings. The van der Waals surface area contributed by atoms with Crippen LogP contribution in [0.3, 0.4) is 0 Å². The minimum Gasteiger partial charge on any atom is -0.465 e. The van der Waals surface area contributed by atoms with Gasteiger partial charge in [-0.25, -0.2) is 4.79 Å². The average Bonchev–Trinajstić information content (AvgIpc) is 2.92. The van der Waals surface area contributed by atoms with Crippen LogP contribution >= 0.6 is 8.96 Å². The zero-order valence-electron chi connectivity index (χ0n) is 14.5. The van der Waals surface area contributed by atoms with Crippen LogP contribution in [-0.4, -0.2) is 40.9 Å². The molecule has 10 heteroatoms. The first kappa shape index (κ1) is 19.8. The number of hydrogen-bond donors (Lipinski definition) is 2. The second kappa shape index (κ2) is 9.24. The fraction of sp³-hybridized carbons (Fsp3) is 0.667. The van der Waals surface area contributed by atoms with E-state index in [9.17, 15) is 14.4 Å². The van der Waals surface area contributed by atoms with Gasteiger partial charge in [-0.05, 0) is 20.3 Å². The molecule has 2 heterocycles. The molecule has 1 aromatic rings. The number of aromatic amines is 1. The van der Waals surface area contributed by atoms with Gasteiger partial charge in [-0.2, -0.15) is 0 Å². The minimum atomic E-state index is -0.488.